The fourth-order valence-electron chi connectivity index (χ4n) is 2.76. The summed E-state index contributed by atoms with van der Waals surface area (Å²) in [6.07, 6.45) is 0. The monoisotopic (exact) mass is 404 g/mol. The van der Waals surface area contributed by atoms with Crippen LogP contribution in [-0.2, 0) is 16.9 Å². The van der Waals surface area contributed by atoms with Crippen LogP contribution in [0.1, 0.15) is 17.3 Å². The van der Waals surface area contributed by atoms with E-state index in [-0.39, 0.29) is 23.0 Å². The summed E-state index contributed by atoms with van der Waals surface area (Å²) in [5.41, 5.74) is 1.11. The number of carbonyl (C=O) groups excluding carboxylic acids is 1. The highest BCUT2D eigenvalue weighted by atomic mass is 32.2. The van der Waals surface area contributed by atoms with Crippen molar-refractivity contribution in [3.05, 3.63) is 46.8 Å². The second kappa shape index (κ2) is 6.50. The van der Waals surface area contributed by atoms with Crippen LogP contribution in [0.2, 0.25) is 0 Å². The smallest absolute Gasteiger partial charge is 0.279 e. The van der Waals surface area contributed by atoms with E-state index in [2.05, 4.69) is 4.99 Å². The second-order valence-electron chi connectivity index (χ2n) is 5.97. The van der Waals surface area contributed by atoms with Crippen LogP contribution in [0, 0.1) is 0 Å². The molecule has 0 N–H and O–H groups in total. The fraction of sp³-hybridized carbons (Fsp3) is 0.222. The van der Waals surface area contributed by atoms with Gasteiger partial charge in [0.05, 0.1) is 20.9 Å². The summed E-state index contributed by atoms with van der Waals surface area (Å²) < 4.78 is 37.6. The van der Waals surface area contributed by atoms with Gasteiger partial charge in [-0.2, -0.15) is 4.99 Å². The molecule has 0 saturated heterocycles. The topological polar surface area (TPSA) is 87.0 Å². The highest BCUT2D eigenvalue weighted by Crippen LogP contribution is 2.36. The molecule has 0 radical (unpaired) electrons. The highest BCUT2D eigenvalue weighted by Gasteiger charge is 2.18. The lowest BCUT2D eigenvalue weighted by Crippen LogP contribution is -2.13. The van der Waals surface area contributed by atoms with Crippen molar-refractivity contribution in [3.63, 3.8) is 0 Å². The van der Waals surface area contributed by atoms with Crippen molar-refractivity contribution in [1.29, 1.82) is 0 Å². The molecule has 2 heterocycles. The Morgan fingerprint density at radius 3 is 2.70 bits per heavy atom. The molecule has 27 heavy (non-hydrogen) atoms. The number of sulfone groups is 1. The number of nitrogens with zero attached hydrogens (tertiary/aromatic N) is 2. The first-order valence-electron chi connectivity index (χ1n) is 8.20. The molecule has 0 unspecified atom stereocenters. The van der Waals surface area contributed by atoms with Crippen LogP contribution in [0.25, 0.3) is 10.2 Å². The number of thiazole rings is 1. The van der Waals surface area contributed by atoms with E-state index >= 15 is 0 Å². The number of amides is 1. The molecule has 9 heteroatoms. The Hall–Kier alpha value is -2.65. The van der Waals surface area contributed by atoms with Gasteiger partial charge in [0.2, 0.25) is 6.79 Å². The van der Waals surface area contributed by atoms with Crippen LogP contribution < -0.4 is 14.3 Å². The third kappa shape index (κ3) is 3.13. The average Bonchev–Trinajstić information content (AvgIpc) is 3.24. The van der Waals surface area contributed by atoms with Crippen LogP contribution in [0.5, 0.6) is 11.5 Å². The van der Waals surface area contributed by atoms with E-state index in [4.69, 9.17) is 9.47 Å². The fourth-order valence-corrected chi connectivity index (χ4v) is 4.72. The number of carbonyl (C=O) groups is 1. The molecular weight excluding hydrogens is 388 g/mol. The van der Waals surface area contributed by atoms with Crippen molar-refractivity contribution in [2.45, 2.75) is 11.8 Å². The van der Waals surface area contributed by atoms with Gasteiger partial charge < -0.3 is 14.0 Å². The van der Waals surface area contributed by atoms with E-state index in [9.17, 15) is 13.2 Å². The van der Waals surface area contributed by atoms with Gasteiger partial charge in [-0.05, 0) is 18.2 Å². The Labute approximate surface area is 159 Å². The number of hydrogen-bond acceptors (Lipinski definition) is 6. The zero-order valence-electron chi connectivity index (χ0n) is 14.6. The lowest BCUT2D eigenvalue weighted by atomic mass is 10.2. The van der Waals surface area contributed by atoms with E-state index in [1.54, 1.807) is 23.6 Å². The molecule has 0 aliphatic carbocycles. The number of aryl methyl sites for hydroxylation is 1. The van der Waals surface area contributed by atoms with Gasteiger partial charge >= 0.3 is 0 Å². The minimum Gasteiger partial charge on any atom is -0.454 e. The van der Waals surface area contributed by atoms with Crippen molar-refractivity contribution in [1.82, 2.24) is 4.57 Å². The Bertz CT molecular complexity index is 1240. The Kier molecular flexibility index (Phi) is 4.27. The van der Waals surface area contributed by atoms with Crippen LogP contribution in [0.3, 0.4) is 0 Å². The van der Waals surface area contributed by atoms with Crippen LogP contribution in [0.4, 0.5) is 0 Å². The Balaban J connectivity index is 1.77. The first-order chi connectivity index (χ1) is 12.9. The molecule has 0 atom stereocenters. The quantitative estimate of drug-likeness (QED) is 0.669. The minimum atomic E-state index is -3.39. The number of rotatable bonds is 3. The van der Waals surface area contributed by atoms with Gasteiger partial charge in [-0.15, -0.1) is 0 Å². The molecule has 1 aromatic heterocycles. The lowest BCUT2D eigenvalue weighted by Gasteiger charge is -2.02. The van der Waals surface area contributed by atoms with Gasteiger partial charge in [0.1, 0.15) is 0 Å². The molecule has 140 valence electrons. The van der Waals surface area contributed by atoms with Gasteiger partial charge in [0, 0.05) is 24.7 Å². The standard InChI is InChI=1S/C18H16N2O5S2/c1-3-27(22,23)12-6-4-5-11(7-12)17(21)19-18-20(2)13-8-14-15(25-10-24-14)9-16(13)26-18/h4-9H,3,10H2,1-2H3. The molecular formula is C18H16N2O5S2. The van der Waals surface area contributed by atoms with Gasteiger partial charge in [0.15, 0.2) is 26.1 Å². The minimum absolute atomic E-state index is 0.0259. The van der Waals surface area contributed by atoms with Crippen molar-refractivity contribution < 1.29 is 22.7 Å². The van der Waals surface area contributed by atoms with Crippen molar-refractivity contribution in [2.24, 2.45) is 12.0 Å². The van der Waals surface area contributed by atoms with E-state index in [0.717, 1.165) is 10.2 Å². The summed E-state index contributed by atoms with van der Waals surface area (Å²) >= 11 is 1.35. The van der Waals surface area contributed by atoms with Crippen LogP contribution in [-0.4, -0.2) is 31.4 Å². The summed E-state index contributed by atoms with van der Waals surface area (Å²) in [6, 6.07) is 9.68. The number of hydrogen-bond donors (Lipinski definition) is 0. The molecule has 0 spiro atoms. The Morgan fingerprint density at radius 1 is 1.22 bits per heavy atom. The normalized spacial score (nSPS) is 14.1. The molecule has 0 bridgehead atoms. The number of benzene rings is 2. The molecule has 7 nitrogen and oxygen atoms in total. The molecule has 4 rings (SSSR count). The second-order valence-corrected chi connectivity index (χ2v) is 9.25. The lowest BCUT2D eigenvalue weighted by molar-refractivity contribution is 0.0997. The van der Waals surface area contributed by atoms with Crippen LogP contribution in [0.15, 0.2) is 46.3 Å². The third-order valence-electron chi connectivity index (χ3n) is 4.32. The van der Waals surface area contributed by atoms with Gasteiger partial charge in [-0.25, -0.2) is 8.42 Å². The maximum atomic E-state index is 12.6. The van der Waals surface area contributed by atoms with E-state index in [0.29, 0.717) is 16.3 Å². The van der Waals surface area contributed by atoms with Crippen LogP contribution >= 0.6 is 11.3 Å². The summed E-state index contributed by atoms with van der Waals surface area (Å²) in [5.74, 6) is 0.804. The van der Waals surface area contributed by atoms with Crippen molar-refractivity contribution in [3.8, 4) is 11.5 Å². The molecule has 1 amide bonds. The summed E-state index contributed by atoms with van der Waals surface area (Å²) in [5, 5.41) is 0. The van der Waals surface area contributed by atoms with E-state index in [1.807, 2.05) is 19.2 Å². The number of fused-ring (bicyclic) bond motifs is 2. The summed E-state index contributed by atoms with van der Waals surface area (Å²) in [6.45, 7) is 1.76. The maximum Gasteiger partial charge on any atom is 0.279 e. The molecule has 2 aromatic carbocycles. The Morgan fingerprint density at radius 2 is 1.96 bits per heavy atom. The van der Waals surface area contributed by atoms with E-state index < -0.39 is 15.7 Å². The van der Waals surface area contributed by atoms with Gasteiger partial charge in [-0.3, -0.25) is 4.79 Å². The largest absolute Gasteiger partial charge is 0.454 e. The SMILES string of the molecule is CCS(=O)(=O)c1cccc(C(=O)N=c2sc3cc4c(cc3n2C)OCO4)c1. The number of ether oxygens (including phenoxy) is 2. The average molecular weight is 404 g/mol. The maximum absolute atomic E-state index is 12.6. The first-order valence-corrected chi connectivity index (χ1v) is 10.7. The first kappa shape index (κ1) is 17.7. The molecule has 1 aliphatic heterocycles. The van der Waals surface area contributed by atoms with Gasteiger partial charge in [0.25, 0.3) is 5.91 Å². The highest BCUT2D eigenvalue weighted by molar-refractivity contribution is 7.91. The zero-order valence-corrected chi connectivity index (χ0v) is 16.3. The number of aromatic nitrogens is 1. The molecule has 3 aromatic rings. The summed E-state index contributed by atoms with van der Waals surface area (Å²) in [7, 11) is -1.58. The van der Waals surface area contributed by atoms with Crippen molar-refractivity contribution in [2.75, 3.05) is 12.5 Å². The predicted molar refractivity (Wildman–Crippen MR) is 101 cm³/mol. The molecule has 0 fully saturated rings. The third-order valence-corrected chi connectivity index (χ3v) is 7.15. The zero-order chi connectivity index (χ0) is 19.2. The van der Waals surface area contributed by atoms with E-state index in [1.165, 1.54) is 23.5 Å². The van der Waals surface area contributed by atoms with Crippen molar-refractivity contribution >= 4 is 37.3 Å². The molecule has 1 aliphatic rings. The molecule has 0 saturated carbocycles. The van der Waals surface area contributed by atoms with Gasteiger partial charge in [-0.1, -0.05) is 24.3 Å². The predicted octanol–water partition coefficient (Wildman–Crippen LogP) is 2.50. The summed E-state index contributed by atoms with van der Waals surface area (Å²) in [4.78, 5) is 17.4.